The second-order valence-corrected chi connectivity index (χ2v) is 4.37. The highest BCUT2D eigenvalue weighted by Crippen LogP contribution is 2.30. The van der Waals surface area contributed by atoms with Gasteiger partial charge in [0.15, 0.2) is 11.5 Å². The van der Waals surface area contributed by atoms with Crippen LogP contribution in [-0.2, 0) is 0 Å². The zero-order valence-corrected chi connectivity index (χ0v) is 10.4. The molecule has 1 aromatic carbocycles. The molecular weight excluding hydrogens is 214 g/mol. The minimum Gasteiger partial charge on any atom is -0.486 e. The van der Waals surface area contributed by atoms with Crippen molar-refractivity contribution in [1.29, 1.82) is 0 Å². The molecule has 92 valence electrons. The van der Waals surface area contributed by atoms with E-state index in [-0.39, 0.29) is 0 Å². The van der Waals surface area contributed by atoms with Crippen LogP contribution >= 0.6 is 0 Å². The molecule has 0 aliphatic carbocycles. The third-order valence-corrected chi connectivity index (χ3v) is 2.52. The smallest absolute Gasteiger partial charge is 0.161 e. The number of rotatable bonds is 4. The van der Waals surface area contributed by atoms with Crippen LogP contribution in [0.2, 0.25) is 0 Å². The summed E-state index contributed by atoms with van der Waals surface area (Å²) in [4.78, 5) is 0. The predicted molar refractivity (Wildman–Crippen MR) is 69.6 cm³/mol. The minimum atomic E-state index is 0.514. The molecule has 0 bridgehead atoms. The van der Waals surface area contributed by atoms with Gasteiger partial charge >= 0.3 is 0 Å². The molecule has 0 radical (unpaired) electrons. The molecule has 0 fully saturated rings. The highest BCUT2D eigenvalue weighted by atomic mass is 16.6. The Morgan fingerprint density at radius 2 is 2.00 bits per heavy atom. The van der Waals surface area contributed by atoms with E-state index < -0.39 is 0 Å². The molecular formula is C14H19NO2. The van der Waals surface area contributed by atoms with Gasteiger partial charge in [-0.25, -0.2) is 0 Å². The van der Waals surface area contributed by atoms with Gasteiger partial charge in [-0.1, -0.05) is 32.1 Å². The van der Waals surface area contributed by atoms with E-state index in [2.05, 4.69) is 31.3 Å². The zero-order chi connectivity index (χ0) is 12.1. The largest absolute Gasteiger partial charge is 0.486 e. The summed E-state index contributed by atoms with van der Waals surface area (Å²) in [7, 11) is 0. The van der Waals surface area contributed by atoms with Crippen molar-refractivity contribution >= 4 is 6.08 Å². The first-order chi connectivity index (χ1) is 8.25. The second kappa shape index (κ2) is 5.73. The van der Waals surface area contributed by atoms with E-state index in [0.29, 0.717) is 19.3 Å². The van der Waals surface area contributed by atoms with Gasteiger partial charge in [0.25, 0.3) is 0 Å². The van der Waals surface area contributed by atoms with Crippen molar-refractivity contribution in [3.8, 4) is 11.5 Å². The molecule has 0 spiro atoms. The van der Waals surface area contributed by atoms with Crippen molar-refractivity contribution in [2.75, 3.05) is 19.8 Å². The second-order valence-electron chi connectivity index (χ2n) is 4.37. The Morgan fingerprint density at radius 3 is 2.76 bits per heavy atom. The Balaban J connectivity index is 1.97. The number of nitrogens with one attached hydrogen (secondary N) is 1. The van der Waals surface area contributed by atoms with Crippen molar-refractivity contribution < 1.29 is 9.47 Å². The summed E-state index contributed by atoms with van der Waals surface area (Å²) in [5.41, 5.74) is 1.14. The quantitative estimate of drug-likeness (QED) is 0.866. The van der Waals surface area contributed by atoms with Crippen LogP contribution in [0.5, 0.6) is 11.5 Å². The van der Waals surface area contributed by atoms with Crippen LogP contribution in [0.3, 0.4) is 0 Å². The van der Waals surface area contributed by atoms with Crippen molar-refractivity contribution in [3.63, 3.8) is 0 Å². The number of hydrogen-bond acceptors (Lipinski definition) is 3. The topological polar surface area (TPSA) is 30.5 Å². The van der Waals surface area contributed by atoms with Crippen LogP contribution < -0.4 is 14.8 Å². The Morgan fingerprint density at radius 1 is 1.24 bits per heavy atom. The van der Waals surface area contributed by atoms with Crippen LogP contribution in [0.4, 0.5) is 0 Å². The fraction of sp³-hybridized carbons (Fsp3) is 0.429. The summed E-state index contributed by atoms with van der Waals surface area (Å²) in [6, 6.07) is 6.53. The van der Waals surface area contributed by atoms with E-state index in [0.717, 1.165) is 23.6 Å². The lowest BCUT2D eigenvalue weighted by atomic mass is 10.2. The first kappa shape index (κ1) is 12.0. The van der Waals surface area contributed by atoms with E-state index >= 15 is 0 Å². The summed E-state index contributed by atoms with van der Waals surface area (Å²) in [6.45, 7) is 6.43. The first-order valence-corrected chi connectivity index (χ1v) is 6.05. The summed E-state index contributed by atoms with van der Waals surface area (Å²) in [5.74, 6) is 1.68. The third kappa shape index (κ3) is 3.49. The van der Waals surface area contributed by atoms with Crippen LogP contribution in [0.1, 0.15) is 19.4 Å². The third-order valence-electron chi connectivity index (χ3n) is 2.52. The number of benzene rings is 1. The van der Waals surface area contributed by atoms with E-state index in [9.17, 15) is 0 Å². The lowest BCUT2D eigenvalue weighted by Crippen LogP contribution is -2.22. The average molecular weight is 233 g/mol. The molecule has 1 N–H and O–H groups in total. The summed E-state index contributed by atoms with van der Waals surface area (Å²) in [6.07, 6.45) is 4.21. The summed E-state index contributed by atoms with van der Waals surface area (Å²) < 4.78 is 11.0. The number of fused-ring (bicyclic) bond motifs is 1. The molecule has 1 aliphatic rings. The molecule has 0 amide bonds. The van der Waals surface area contributed by atoms with Gasteiger partial charge in [0.05, 0.1) is 0 Å². The predicted octanol–water partition coefficient (Wildman–Crippen LogP) is 2.47. The van der Waals surface area contributed by atoms with E-state index in [1.54, 1.807) is 0 Å². The number of hydrogen-bond donors (Lipinski definition) is 1. The van der Waals surface area contributed by atoms with Gasteiger partial charge in [0, 0.05) is 12.6 Å². The van der Waals surface area contributed by atoms with Gasteiger partial charge < -0.3 is 14.8 Å². The molecule has 0 aromatic heterocycles. The SMILES string of the molecule is CC(C)NCC=Cc1ccc2c(c1)OCCO2. The molecule has 3 nitrogen and oxygen atoms in total. The van der Waals surface area contributed by atoms with Crippen LogP contribution in [0.25, 0.3) is 6.08 Å². The standard InChI is InChI=1S/C14H19NO2/c1-11(2)15-7-3-4-12-5-6-13-14(10-12)17-9-8-16-13/h3-6,10-11,15H,7-9H2,1-2H3. The molecule has 0 saturated carbocycles. The average Bonchev–Trinajstić information content (AvgIpc) is 2.34. The van der Waals surface area contributed by atoms with Crippen molar-refractivity contribution in [2.24, 2.45) is 0 Å². The van der Waals surface area contributed by atoms with Crippen molar-refractivity contribution in [3.05, 3.63) is 29.8 Å². The van der Waals surface area contributed by atoms with Crippen molar-refractivity contribution in [2.45, 2.75) is 19.9 Å². The highest BCUT2D eigenvalue weighted by molar-refractivity contribution is 5.56. The minimum absolute atomic E-state index is 0.514. The van der Waals surface area contributed by atoms with Crippen LogP contribution in [-0.4, -0.2) is 25.8 Å². The molecule has 0 unspecified atom stereocenters. The monoisotopic (exact) mass is 233 g/mol. The normalized spacial score (nSPS) is 14.5. The fourth-order valence-electron chi connectivity index (χ4n) is 1.66. The van der Waals surface area contributed by atoms with E-state index in [1.165, 1.54) is 0 Å². The Kier molecular flexibility index (Phi) is 4.04. The molecule has 3 heteroatoms. The van der Waals surface area contributed by atoms with Crippen LogP contribution in [0, 0.1) is 0 Å². The van der Waals surface area contributed by atoms with Gasteiger partial charge in [-0.15, -0.1) is 0 Å². The maximum atomic E-state index is 5.53. The summed E-state index contributed by atoms with van der Waals surface area (Å²) in [5, 5.41) is 3.34. The van der Waals surface area contributed by atoms with Gasteiger partial charge in [0.1, 0.15) is 13.2 Å². The molecule has 1 aromatic rings. The molecule has 0 saturated heterocycles. The zero-order valence-electron chi connectivity index (χ0n) is 10.4. The molecule has 1 heterocycles. The lowest BCUT2D eigenvalue weighted by molar-refractivity contribution is 0.171. The fourth-order valence-corrected chi connectivity index (χ4v) is 1.66. The molecule has 17 heavy (non-hydrogen) atoms. The van der Waals surface area contributed by atoms with Gasteiger partial charge in [-0.2, -0.15) is 0 Å². The van der Waals surface area contributed by atoms with Gasteiger partial charge in [-0.05, 0) is 17.7 Å². The summed E-state index contributed by atoms with van der Waals surface area (Å²) >= 11 is 0. The van der Waals surface area contributed by atoms with Crippen LogP contribution in [0.15, 0.2) is 24.3 Å². The highest BCUT2D eigenvalue weighted by Gasteiger charge is 2.10. The maximum absolute atomic E-state index is 5.53. The van der Waals surface area contributed by atoms with Gasteiger partial charge in [-0.3, -0.25) is 0 Å². The number of ether oxygens (including phenoxy) is 2. The maximum Gasteiger partial charge on any atom is 0.161 e. The molecule has 0 atom stereocenters. The molecule has 1 aliphatic heterocycles. The van der Waals surface area contributed by atoms with Crippen molar-refractivity contribution in [1.82, 2.24) is 5.32 Å². The van der Waals surface area contributed by atoms with E-state index in [1.807, 2.05) is 18.2 Å². The lowest BCUT2D eigenvalue weighted by Gasteiger charge is -2.18. The van der Waals surface area contributed by atoms with Gasteiger partial charge in [0.2, 0.25) is 0 Å². The Hall–Kier alpha value is -1.48. The Labute approximate surface area is 102 Å². The Bertz CT molecular complexity index is 399. The molecule has 2 rings (SSSR count). The first-order valence-electron chi connectivity index (χ1n) is 6.05. The van der Waals surface area contributed by atoms with E-state index in [4.69, 9.17) is 9.47 Å².